The minimum atomic E-state index is -0.455. The first-order chi connectivity index (χ1) is 20.0. The summed E-state index contributed by atoms with van der Waals surface area (Å²) in [6.45, 7) is 0. The Morgan fingerprint density at radius 3 is 1.10 bits per heavy atom. The highest BCUT2D eigenvalue weighted by molar-refractivity contribution is 5.91. The summed E-state index contributed by atoms with van der Waals surface area (Å²) in [6.07, 6.45) is 10.1. The molecule has 0 saturated carbocycles. The number of benzene rings is 4. The number of halogens is 2. The Balaban J connectivity index is 1.04. The van der Waals surface area contributed by atoms with E-state index in [4.69, 9.17) is 9.47 Å². The van der Waals surface area contributed by atoms with Crippen molar-refractivity contribution in [2.24, 2.45) is 0 Å². The van der Waals surface area contributed by atoms with Crippen LogP contribution in [0.25, 0.3) is 0 Å². The number of carbonyl (C=O) groups is 2. The van der Waals surface area contributed by atoms with E-state index in [-0.39, 0.29) is 11.6 Å². The molecule has 0 atom stereocenters. The molecule has 0 bridgehead atoms. The normalized spacial score (nSPS) is 10.8. The Labute approximate surface area is 239 Å². The highest BCUT2D eigenvalue weighted by Crippen LogP contribution is 2.17. The highest BCUT2D eigenvalue weighted by atomic mass is 19.1. The SMILES string of the molecule is O=C(Oc1ccc(F)cc1)c1ccc(CCCCCCCCCc2ccc(C(=O)Oc3ccc(F)cc3)cc2)cc1. The van der Waals surface area contributed by atoms with Gasteiger partial charge in [0.25, 0.3) is 0 Å². The molecule has 0 aromatic heterocycles. The van der Waals surface area contributed by atoms with E-state index in [1.165, 1.54) is 91.8 Å². The minimum Gasteiger partial charge on any atom is -0.423 e. The van der Waals surface area contributed by atoms with Gasteiger partial charge in [0, 0.05) is 0 Å². The van der Waals surface area contributed by atoms with Gasteiger partial charge in [-0.3, -0.25) is 0 Å². The fraction of sp³-hybridized carbons (Fsp3) is 0.257. The van der Waals surface area contributed by atoms with Crippen LogP contribution < -0.4 is 9.47 Å². The predicted octanol–water partition coefficient (Wildman–Crippen LogP) is 8.92. The molecule has 0 unspecified atom stereocenters. The van der Waals surface area contributed by atoms with Crippen molar-refractivity contribution < 1.29 is 27.8 Å². The van der Waals surface area contributed by atoms with Gasteiger partial charge in [0.2, 0.25) is 0 Å². The van der Waals surface area contributed by atoms with E-state index in [1.807, 2.05) is 24.3 Å². The van der Waals surface area contributed by atoms with Crippen molar-refractivity contribution in [2.45, 2.75) is 57.8 Å². The lowest BCUT2D eigenvalue weighted by Crippen LogP contribution is -2.08. The number of hydrogen-bond donors (Lipinski definition) is 0. The lowest BCUT2D eigenvalue weighted by Gasteiger charge is -2.07. The molecule has 4 nitrogen and oxygen atoms in total. The van der Waals surface area contributed by atoms with Crippen LogP contribution in [0.4, 0.5) is 8.78 Å². The van der Waals surface area contributed by atoms with Crippen molar-refractivity contribution in [2.75, 3.05) is 0 Å². The highest BCUT2D eigenvalue weighted by Gasteiger charge is 2.10. The molecule has 0 saturated heterocycles. The lowest BCUT2D eigenvalue weighted by atomic mass is 10.0. The summed E-state index contributed by atoms with van der Waals surface area (Å²) in [5, 5.41) is 0. The summed E-state index contributed by atoms with van der Waals surface area (Å²) >= 11 is 0. The van der Waals surface area contributed by atoms with Gasteiger partial charge in [-0.25, -0.2) is 18.4 Å². The zero-order valence-corrected chi connectivity index (χ0v) is 23.0. The smallest absolute Gasteiger partial charge is 0.343 e. The predicted molar refractivity (Wildman–Crippen MR) is 155 cm³/mol. The molecule has 212 valence electrons. The lowest BCUT2D eigenvalue weighted by molar-refractivity contribution is 0.0725. The van der Waals surface area contributed by atoms with E-state index >= 15 is 0 Å². The zero-order valence-electron chi connectivity index (χ0n) is 23.0. The first-order valence-electron chi connectivity index (χ1n) is 14.1. The molecule has 0 spiro atoms. The maximum atomic E-state index is 13.0. The molecule has 0 radical (unpaired) electrons. The van der Waals surface area contributed by atoms with E-state index in [2.05, 4.69) is 0 Å². The summed E-state index contributed by atoms with van der Waals surface area (Å²) in [7, 11) is 0. The van der Waals surface area contributed by atoms with Crippen LogP contribution in [0.3, 0.4) is 0 Å². The van der Waals surface area contributed by atoms with Crippen molar-refractivity contribution in [1.29, 1.82) is 0 Å². The van der Waals surface area contributed by atoms with E-state index in [1.54, 1.807) is 24.3 Å². The average Bonchev–Trinajstić information content (AvgIpc) is 2.99. The molecule has 0 heterocycles. The summed E-state index contributed by atoms with van der Waals surface area (Å²) in [5.41, 5.74) is 3.33. The molecule has 4 rings (SSSR count). The molecule has 0 aliphatic heterocycles. The molecule has 0 aliphatic carbocycles. The molecular formula is C35H34F2O4. The van der Waals surface area contributed by atoms with E-state index in [0.29, 0.717) is 22.6 Å². The maximum Gasteiger partial charge on any atom is 0.343 e. The Hall–Kier alpha value is -4.32. The number of carbonyl (C=O) groups excluding carboxylic acids is 2. The fourth-order valence-electron chi connectivity index (χ4n) is 4.49. The molecule has 41 heavy (non-hydrogen) atoms. The average molecular weight is 557 g/mol. The van der Waals surface area contributed by atoms with Gasteiger partial charge in [-0.05, 0) is 110 Å². The van der Waals surface area contributed by atoms with Gasteiger partial charge < -0.3 is 9.47 Å². The van der Waals surface area contributed by atoms with Crippen LogP contribution >= 0.6 is 0 Å². The largest absolute Gasteiger partial charge is 0.423 e. The Morgan fingerprint density at radius 2 is 0.756 bits per heavy atom. The molecule has 4 aromatic carbocycles. The van der Waals surface area contributed by atoms with Gasteiger partial charge in [0.1, 0.15) is 23.1 Å². The van der Waals surface area contributed by atoms with Crippen LogP contribution in [0.1, 0.15) is 76.8 Å². The minimum absolute atomic E-state index is 0.318. The first kappa shape index (κ1) is 29.7. The topological polar surface area (TPSA) is 52.6 Å². The molecule has 0 N–H and O–H groups in total. The number of rotatable bonds is 14. The monoisotopic (exact) mass is 556 g/mol. The van der Waals surface area contributed by atoms with Gasteiger partial charge in [0.15, 0.2) is 0 Å². The van der Waals surface area contributed by atoms with Crippen molar-refractivity contribution in [3.8, 4) is 11.5 Å². The van der Waals surface area contributed by atoms with Crippen molar-refractivity contribution in [1.82, 2.24) is 0 Å². The summed E-state index contributed by atoms with van der Waals surface area (Å²) in [5.74, 6) is -1.02. The molecule has 4 aromatic rings. The standard InChI is InChI=1S/C35H34F2O4/c36-30-18-22-32(23-19-30)40-34(38)28-14-10-26(11-15-28)8-6-4-2-1-3-5-7-9-27-12-16-29(17-13-27)35(39)41-33-24-20-31(37)21-25-33/h10-25H,1-9H2. The molecule has 0 fully saturated rings. The third kappa shape index (κ3) is 9.98. The number of esters is 2. The molecule has 0 aliphatic rings. The Morgan fingerprint density at radius 1 is 0.439 bits per heavy atom. The first-order valence-corrected chi connectivity index (χ1v) is 14.1. The van der Waals surface area contributed by atoms with E-state index in [0.717, 1.165) is 25.7 Å². The van der Waals surface area contributed by atoms with Crippen molar-refractivity contribution in [3.05, 3.63) is 131 Å². The quantitative estimate of drug-likeness (QED) is 0.0884. The number of aryl methyl sites for hydroxylation is 2. The van der Waals surface area contributed by atoms with E-state index in [9.17, 15) is 18.4 Å². The van der Waals surface area contributed by atoms with Crippen LogP contribution in [-0.2, 0) is 12.8 Å². The second kappa shape index (κ2) is 15.5. The second-order valence-electron chi connectivity index (χ2n) is 10.1. The van der Waals surface area contributed by atoms with Crippen LogP contribution in [0.5, 0.6) is 11.5 Å². The van der Waals surface area contributed by atoms with Gasteiger partial charge in [-0.1, -0.05) is 56.4 Å². The number of hydrogen-bond acceptors (Lipinski definition) is 4. The fourth-order valence-corrected chi connectivity index (χ4v) is 4.49. The summed E-state index contributed by atoms with van der Waals surface area (Å²) in [4.78, 5) is 24.5. The Bertz CT molecular complexity index is 1270. The van der Waals surface area contributed by atoms with Crippen LogP contribution in [0.2, 0.25) is 0 Å². The number of ether oxygens (including phenoxy) is 2. The molecular weight excluding hydrogens is 522 g/mol. The third-order valence-corrected chi connectivity index (χ3v) is 6.86. The second-order valence-corrected chi connectivity index (χ2v) is 10.1. The number of unbranched alkanes of at least 4 members (excludes halogenated alkanes) is 6. The third-order valence-electron chi connectivity index (χ3n) is 6.86. The van der Waals surface area contributed by atoms with Crippen LogP contribution in [0.15, 0.2) is 97.1 Å². The van der Waals surface area contributed by atoms with Crippen molar-refractivity contribution >= 4 is 11.9 Å². The molecule has 6 heteroatoms. The maximum absolute atomic E-state index is 13.0. The summed E-state index contributed by atoms with van der Waals surface area (Å²) in [6, 6.07) is 25.7. The van der Waals surface area contributed by atoms with Gasteiger partial charge >= 0.3 is 11.9 Å². The van der Waals surface area contributed by atoms with Crippen LogP contribution in [-0.4, -0.2) is 11.9 Å². The zero-order chi connectivity index (χ0) is 28.9. The van der Waals surface area contributed by atoms with E-state index < -0.39 is 11.9 Å². The van der Waals surface area contributed by atoms with Gasteiger partial charge in [0.05, 0.1) is 11.1 Å². The van der Waals surface area contributed by atoms with Gasteiger partial charge in [-0.15, -0.1) is 0 Å². The Kier molecular flexibility index (Phi) is 11.2. The summed E-state index contributed by atoms with van der Waals surface area (Å²) < 4.78 is 36.5. The van der Waals surface area contributed by atoms with Gasteiger partial charge in [-0.2, -0.15) is 0 Å². The molecule has 0 amide bonds. The van der Waals surface area contributed by atoms with Crippen molar-refractivity contribution in [3.63, 3.8) is 0 Å². The van der Waals surface area contributed by atoms with Crippen LogP contribution in [0, 0.1) is 11.6 Å².